The fourth-order valence-electron chi connectivity index (χ4n) is 2.52. The van der Waals surface area contributed by atoms with E-state index in [1.54, 1.807) is 12.1 Å². The zero-order valence-electron chi connectivity index (χ0n) is 11.4. The number of imidazole rings is 1. The number of halogens is 3. The van der Waals surface area contributed by atoms with Crippen LogP contribution in [0.1, 0.15) is 11.4 Å². The van der Waals surface area contributed by atoms with Gasteiger partial charge in [-0.05, 0) is 36.8 Å². The van der Waals surface area contributed by atoms with Crippen LogP contribution in [0.3, 0.4) is 0 Å². The van der Waals surface area contributed by atoms with Gasteiger partial charge in [0.15, 0.2) is 0 Å². The summed E-state index contributed by atoms with van der Waals surface area (Å²) in [6.07, 6.45) is 0.567. The van der Waals surface area contributed by atoms with Crippen LogP contribution >= 0.6 is 23.2 Å². The van der Waals surface area contributed by atoms with E-state index < -0.39 is 0 Å². The molecule has 1 aromatic heterocycles. The van der Waals surface area contributed by atoms with E-state index >= 15 is 0 Å². The first-order valence-electron chi connectivity index (χ1n) is 6.60. The molecule has 0 saturated carbocycles. The van der Waals surface area contributed by atoms with E-state index in [1.165, 1.54) is 6.07 Å². The molecule has 0 aliphatic rings. The van der Waals surface area contributed by atoms with Gasteiger partial charge in [-0.1, -0.05) is 23.7 Å². The maximum atomic E-state index is 14.3. The van der Waals surface area contributed by atoms with Crippen molar-refractivity contribution in [3.63, 3.8) is 0 Å². The Hall–Kier alpha value is -1.58. The fourth-order valence-corrected chi connectivity index (χ4v) is 2.84. The second kappa shape index (κ2) is 5.66. The van der Waals surface area contributed by atoms with E-state index in [9.17, 15) is 4.39 Å². The molecule has 0 bridgehead atoms. The summed E-state index contributed by atoms with van der Waals surface area (Å²) in [5, 5.41) is 0.372. The van der Waals surface area contributed by atoms with Crippen molar-refractivity contribution in [2.45, 2.75) is 13.3 Å². The van der Waals surface area contributed by atoms with Gasteiger partial charge >= 0.3 is 0 Å². The Morgan fingerprint density at radius 3 is 2.76 bits per heavy atom. The molecule has 0 N–H and O–H groups in total. The largest absolute Gasteiger partial charge is 0.293 e. The molecule has 108 valence electrons. The van der Waals surface area contributed by atoms with Crippen LogP contribution < -0.4 is 0 Å². The van der Waals surface area contributed by atoms with Crippen molar-refractivity contribution < 1.29 is 4.39 Å². The monoisotopic (exact) mass is 322 g/mol. The van der Waals surface area contributed by atoms with Crippen LogP contribution in [-0.2, 0) is 6.42 Å². The van der Waals surface area contributed by atoms with Crippen molar-refractivity contribution in [1.29, 1.82) is 0 Å². The average molecular weight is 323 g/mol. The molecule has 3 rings (SSSR count). The first-order chi connectivity index (χ1) is 10.1. The van der Waals surface area contributed by atoms with Crippen molar-refractivity contribution in [3.8, 4) is 5.69 Å². The summed E-state index contributed by atoms with van der Waals surface area (Å²) >= 11 is 11.7. The number of para-hydroxylation sites is 1. The summed E-state index contributed by atoms with van der Waals surface area (Å²) in [5.74, 6) is 0.800. The third-order valence-corrected chi connectivity index (χ3v) is 3.84. The van der Waals surface area contributed by atoms with Gasteiger partial charge in [0.2, 0.25) is 0 Å². The molecule has 3 aromatic rings. The summed E-state index contributed by atoms with van der Waals surface area (Å²) < 4.78 is 16.2. The summed E-state index contributed by atoms with van der Waals surface area (Å²) in [7, 11) is 0. The van der Waals surface area contributed by atoms with Gasteiger partial charge < -0.3 is 0 Å². The summed E-state index contributed by atoms with van der Waals surface area (Å²) in [4.78, 5) is 4.58. The lowest BCUT2D eigenvalue weighted by Crippen LogP contribution is -2.05. The Morgan fingerprint density at radius 1 is 1.24 bits per heavy atom. The van der Waals surface area contributed by atoms with Crippen LogP contribution in [0.2, 0.25) is 5.02 Å². The predicted molar refractivity (Wildman–Crippen MR) is 85.2 cm³/mol. The number of aromatic nitrogens is 2. The smallest absolute Gasteiger partial charge is 0.148 e. The van der Waals surface area contributed by atoms with Crippen LogP contribution in [0, 0.1) is 12.7 Å². The zero-order valence-corrected chi connectivity index (χ0v) is 12.9. The molecular formula is C16H13Cl2FN2. The number of hydrogen-bond donors (Lipinski definition) is 0. The summed E-state index contributed by atoms with van der Waals surface area (Å²) in [6.45, 7) is 1.98. The lowest BCUT2D eigenvalue weighted by atomic mass is 10.2. The third-order valence-electron chi connectivity index (χ3n) is 3.42. The number of benzene rings is 2. The van der Waals surface area contributed by atoms with Gasteiger partial charge in [0.25, 0.3) is 0 Å². The minimum Gasteiger partial charge on any atom is -0.293 e. The molecule has 0 aliphatic carbocycles. The molecule has 0 fully saturated rings. The van der Waals surface area contributed by atoms with Gasteiger partial charge in [-0.25, -0.2) is 9.37 Å². The number of fused-ring (bicyclic) bond motifs is 1. The molecular weight excluding hydrogens is 310 g/mol. The van der Waals surface area contributed by atoms with Gasteiger partial charge in [0.05, 0.1) is 16.7 Å². The van der Waals surface area contributed by atoms with Gasteiger partial charge in [-0.15, -0.1) is 11.6 Å². The topological polar surface area (TPSA) is 17.8 Å². The molecule has 2 nitrogen and oxygen atoms in total. The van der Waals surface area contributed by atoms with Gasteiger partial charge in [-0.2, -0.15) is 0 Å². The zero-order chi connectivity index (χ0) is 15.0. The van der Waals surface area contributed by atoms with Gasteiger partial charge in [-0.3, -0.25) is 4.57 Å². The van der Waals surface area contributed by atoms with Crippen LogP contribution in [0.15, 0.2) is 36.4 Å². The van der Waals surface area contributed by atoms with Crippen LogP contribution in [0.25, 0.3) is 16.7 Å². The quantitative estimate of drug-likeness (QED) is 0.626. The molecule has 0 unspecified atom stereocenters. The number of nitrogens with zero attached hydrogens (tertiary/aromatic N) is 2. The highest BCUT2D eigenvalue weighted by atomic mass is 35.5. The Kier molecular flexibility index (Phi) is 3.87. The Balaban J connectivity index is 2.35. The molecule has 21 heavy (non-hydrogen) atoms. The number of aryl methyl sites for hydroxylation is 2. The lowest BCUT2D eigenvalue weighted by molar-refractivity contribution is 0.617. The van der Waals surface area contributed by atoms with E-state index in [1.807, 2.05) is 29.7 Å². The SMILES string of the molecule is Cc1cccc2nc(CCCl)n(-c3ccc(Cl)cc3F)c12. The summed E-state index contributed by atoms with van der Waals surface area (Å²) in [6, 6.07) is 10.5. The highest BCUT2D eigenvalue weighted by Crippen LogP contribution is 2.27. The third kappa shape index (κ3) is 2.52. The molecule has 0 aliphatic heterocycles. The van der Waals surface area contributed by atoms with E-state index in [0.717, 1.165) is 22.4 Å². The fraction of sp³-hybridized carbons (Fsp3) is 0.188. The number of alkyl halides is 1. The molecule has 5 heteroatoms. The molecule has 1 heterocycles. The number of hydrogen-bond acceptors (Lipinski definition) is 1. The lowest BCUT2D eigenvalue weighted by Gasteiger charge is -2.11. The molecule has 0 spiro atoms. The maximum Gasteiger partial charge on any atom is 0.148 e. The maximum absolute atomic E-state index is 14.3. The first-order valence-corrected chi connectivity index (χ1v) is 7.51. The molecule has 0 atom stereocenters. The molecule has 2 aromatic carbocycles. The van der Waals surface area contributed by atoms with E-state index in [0.29, 0.717) is 23.0 Å². The number of rotatable bonds is 3. The van der Waals surface area contributed by atoms with E-state index in [2.05, 4.69) is 4.98 Å². The molecule has 0 radical (unpaired) electrons. The van der Waals surface area contributed by atoms with Crippen molar-refractivity contribution >= 4 is 34.2 Å². The van der Waals surface area contributed by atoms with E-state index in [4.69, 9.17) is 23.2 Å². The minimum atomic E-state index is -0.374. The van der Waals surface area contributed by atoms with Crippen LogP contribution in [-0.4, -0.2) is 15.4 Å². The predicted octanol–water partition coefficient (Wildman–Crippen LogP) is 4.91. The first kappa shape index (κ1) is 14.4. The second-order valence-electron chi connectivity index (χ2n) is 4.84. The molecule has 0 saturated heterocycles. The second-order valence-corrected chi connectivity index (χ2v) is 5.66. The summed E-state index contributed by atoms with van der Waals surface area (Å²) in [5.41, 5.74) is 3.22. The Bertz CT molecular complexity index is 811. The van der Waals surface area contributed by atoms with Crippen molar-refractivity contribution in [2.24, 2.45) is 0 Å². The molecule has 0 amide bonds. The van der Waals surface area contributed by atoms with Gasteiger partial charge in [0, 0.05) is 17.3 Å². The van der Waals surface area contributed by atoms with Crippen LogP contribution in [0.4, 0.5) is 4.39 Å². The van der Waals surface area contributed by atoms with Gasteiger partial charge in [0.1, 0.15) is 11.6 Å². The van der Waals surface area contributed by atoms with Crippen molar-refractivity contribution in [2.75, 3.05) is 5.88 Å². The normalized spacial score (nSPS) is 11.2. The minimum absolute atomic E-state index is 0.372. The Morgan fingerprint density at radius 2 is 2.05 bits per heavy atom. The van der Waals surface area contributed by atoms with E-state index in [-0.39, 0.29) is 5.82 Å². The standard InChI is InChI=1S/C16H13Cl2FN2/c1-10-3-2-4-13-16(10)21(15(20-13)7-8-17)14-6-5-11(18)9-12(14)19/h2-6,9H,7-8H2,1H3. The highest BCUT2D eigenvalue weighted by Gasteiger charge is 2.16. The van der Waals surface area contributed by atoms with Crippen LogP contribution in [0.5, 0.6) is 0 Å². The Labute approximate surface area is 132 Å². The average Bonchev–Trinajstić information content (AvgIpc) is 2.79. The highest BCUT2D eigenvalue weighted by molar-refractivity contribution is 6.30. The van der Waals surface area contributed by atoms with Crippen molar-refractivity contribution in [1.82, 2.24) is 9.55 Å². The van der Waals surface area contributed by atoms with Crippen molar-refractivity contribution in [3.05, 3.63) is 58.6 Å².